The fraction of sp³-hybridized carbons (Fsp3) is 0. The van der Waals surface area contributed by atoms with Crippen LogP contribution < -0.4 is 0 Å². The van der Waals surface area contributed by atoms with E-state index >= 15 is 0 Å². The Morgan fingerprint density at radius 1 is 0.548 bits per heavy atom. The molecule has 0 unspecified atom stereocenters. The van der Waals surface area contributed by atoms with E-state index in [9.17, 15) is 0 Å². The lowest BCUT2D eigenvalue weighted by molar-refractivity contribution is 0.667. The Morgan fingerprint density at radius 2 is 1.26 bits per heavy atom. The average molecular weight is 539 g/mol. The molecule has 196 valence electrons. The van der Waals surface area contributed by atoms with Gasteiger partial charge in [0, 0.05) is 44.7 Å². The van der Waals surface area contributed by atoms with Gasteiger partial charge in [0.25, 0.3) is 0 Å². The molecule has 7 aromatic rings. The smallest absolute Gasteiger partial charge is 0.180 e. The summed E-state index contributed by atoms with van der Waals surface area (Å²) in [7, 11) is 0. The van der Waals surface area contributed by atoms with Crippen LogP contribution in [0.3, 0.4) is 0 Å². The molecule has 2 aliphatic heterocycles. The number of pyridine rings is 1. The maximum atomic E-state index is 6.48. The largest absolute Gasteiger partial charge is 0.452 e. The number of furan rings is 1. The Morgan fingerprint density at radius 3 is 2.10 bits per heavy atom. The molecule has 2 aromatic heterocycles. The monoisotopic (exact) mass is 538 g/mol. The van der Waals surface area contributed by atoms with Crippen LogP contribution in [0.1, 0.15) is 0 Å². The zero-order valence-electron chi connectivity index (χ0n) is 22.4. The van der Waals surface area contributed by atoms with Gasteiger partial charge in [-0.2, -0.15) is 0 Å². The zero-order valence-corrected chi connectivity index (χ0v) is 22.4. The predicted octanol–water partition coefficient (Wildman–Crippen LogP) is 9.31. The molecule has 0 saturated heterocycles. The Bertz CT molecular complexity index is 2410. The molecular weight excluding hydrogens is 516 g/mol. The van der Waals surface area contributed by atoms with Crippen LogP contribution in [0.25, 0.3) is 83.5 Å². The molecule has 0 spiro atoms. The summed E-state index contributed by atoms with van der Waals surface area (Å²) >= 11 is 0. The van der Waals surface area contributed by atoms with Crippen molar-refractivity contribution in [3.05, 3.63) is 134 Å². The molecule has 0 atom stereocenters. The maximum Gasteiger partial charge on any atom is 0.180 e. The Balaban J connectivity index is 1.34. The van der Waals surface area contributed by atoms with Gasteiger partial charge in [-0.15, -0.1) is 0 Å². The lowest BCUT2D eigenvalue weighted by Gasteiger charge is -2.15. The van der Waals surface area contributed by atoms with Crippen molar-refractivity contribution in [1.29, 1.82) is 0 Å². The van der Waals surface area contributed by atoms with E-state index in [2.05, 4.69) is 77.5 Å². The molecule has 5 nitrogen and oxygen atoms in total. The highest BCUT2D eigenvalue weighted by Gasteiger charge is 2.21. The second kappa shape index (κ2) is 8.85. The molecule has 0 fully saturated rings. The van der Waals surface area contributed by atoms with E-state index < -0.39 is 0 Å². The third kappa shape index (κ3) is 3.40. The van der Waals surface area contributed by atoms with Crippen LogP contribution in [0, 0.1) is 0 Å². The van der Waals surface area contributed by atoms with Crippen LogP contribution >= 0.6 is 0 Å². The van der Waals surface area contributed by atoms with Gasteiger partial charge < -0.3 is 8.98 Å². The van der Waals surface area contributed by atoms with Gasteiger partial charge in [0.05, 0.1) is 16.7 Å². The summed E-state index contributed by atoms with van der Waals surface area (Å²) in [6, 6.07) is 43.4. The number of para-hydroxylation sites is 2. The van der Waals surface area contributed by atoms with Crippen molar-refractivity contribution in [2.75, 3.05) is 0 Å². The van der Waals surface area contributed by atoms with Crippen molar-refractivity contribution in [3.63, 3.8) is 0 Å². The molecule has 0 amide bonds. The van der Waals surface area contributed by atoms with Gasteiger partial charge >= 0.3 is 0 Å². The molecule has 42 heavy (non-hydrogen) atoms. The molecule has 0 bridgehead atoms. The van der Waals surface area contributed by atoms with Crippen LogP contribution in [0.15, 0.2) is 138 Å². The van der Waals surface area contributed by atoms with Crippen molar-refractivity contribution >= 4 is 43.9 Å². The van der Waals surface area contributed by atoms with Gasteiger partial charge in [0.2, 0.25) is 0 Å². The van der Waals surface area contributed by atoms with Gasteiger partial charge in [-0.3, -0.25) is 0 Å². The zero-order chi connectivity index (χ0) is 27.6. The lowest BCUT2D eigenvalue weighted by atomic mass is 10.0. The van der Waals surface area contributed by atoms with E-state index in [4.69, 9.17) is 19.4 Å². The normalized spacial score (nSPS) is 11.8. The van der Waals surface area contributed by atoms with Crippen LogP contribution in [-0.4, -0.2) is 19.5 Å². The van der Waals surface area contributed by atoms with Crippen molar-refractivity contribution < 1.29 is 4.42 Å². The molecule has 9 rings (SSSR count). The number of benzene rings is 5. The first kappa shape index (κ1) is 22.9. The first-order valence-electron chi connectivity index (χ1n) is 14.0. The van der Waals surface area contributed by atoms with Crippen LogP contribution in [-0.2, 0) is 0 Å². The minimum absolute atomic E-state index is 0.670. The van der Waals surface area contributed by atoms with E-state index in [1.54, 1.807) is 0 Å². The van der Waals surface area contributed by atoms with E-state index in [0.717, 1.165) is 72.1 Å². The first-order valence-corrected chi connectivity index (χ1v) is 14.0. The van der Waals surface area contributed by atoms with E-state index in [0.29, 0.717) is 11.4 Å². The second-order valence-corrected chi connectivity index (χ2v) is 10.5. The van der Waals surface area contributed by atoms with Crippen molar-refractivity contribution in [2.45, 2.75) is 0 Å². The van der Waals surface area contributed by atoms with Crippen molar-refractivity contribution in [1.82, 2.24) is 19.5 Å². The number of hydrogen-bond acceptors (Lipinski definition) is 4. The topological polar surface area (TPSA) is 56.7 Å². The highest BCUT2D eigenvalue weighted by atomic mass is 16.3. The van der Waals surface area contributed by atoms with Gasteiger partial charge in [-0.05, 0) is 30.3 Å². The highest BCUT2D eigenvalue weighted by molar-refractivity contribution is 6.09. The Hall–Kier alpha value is -5.81. The Kier molecular flexibility index (Phi) is 4.83. The molecule has 0 N–H and O–H groups in total. The van der Waals surface area contributed by atoms with Crippen LogP contribution in [0.2, 0.25) is 0 Å². The molecule has 0 saturated carbocycles. The number of aromatic nitrogens is 4. The standard InChI is InChI=1S/C37H22N4O/c1-3-11-23(12-4-1)33-36-35(40-37(39-33)24-13-5-2-6-14-24)28-21-25(19-20-32(28)42-36)41-22-29-26-15-7-9-17-30(26)38-34(29)27-16-8-10-18-31(27)41/h1-22H. The molecular formula is C37H22N4O. The summed E-state index contributed by atoms with van der Waals surface area (Å²) in [6.07, 6.45) is 2.20. The summed E-state index contributed by atoms with van der Waals surface area (Å²) in [5.41, 5.74) is 10.3. The third-order valence-electron chi connectivity index (χ3n) is 8.01. The minimum Gasteiger partial charge on any atom is -0.452 e. The number of hydrogen-bond donors (Lipinski definition) is 0. The summed E-state index contributed by atoms with van der Waals surface area (Å²) in [5, 5.41) is 3.21. The highest BCUT2D eigenvalue weighted by Crippen LogP contribution is 2.40. The fourth-order valence-electron chi connectivity index (χ4n) is 6.03. The van der Waals surface area contributed by atoms with Crippen LogP contribution in [0.4, 0.5) is 0 Å². The number of rotatable bonds is 3. The van der Waals surface area contributed by atoms with Gasteiger partial charge in [0.1, 0.15) is 16.8 Å². The predicted molar refractivity (Wildman–Crippen MR) is 169 cm³/mol. The minimum atomic E-state index is 0.670. The summed E-state index contributed by atoms with van der Waals surface area (Å²) in [6.45, 7) is 0. The van der Waals surface area contributed by atoms with E-state index in [1.807, 2.05) is 60.7 Å². The average Bonchev–Trinajstić information content (AvgIpc) is 3.63. The SMILES string of the molecule is c1ccc(-c2nc(-c3ccccc3)c3oc4ccc(-n5cc6c7ccccc7nc-6c6ccccc65)cc4c3n2)cc1. The fourth-order valence-corrected chi connectivity index (χ4v) is 6.03. The Labute approximate surface area is 240 Å². The molecule has 4 heterocycles. The van der Waals surface area contributed by atoms with Crippen molar-refractivity contribution in [2.24, 2.45) is 0 Å². The molecule has 5 aromatic carbocycles. The first-order chi connectivity index (χ1) is 20.8. The number of fused-ring (bicyclic) bond motifs is 8. The summed E-state index contributed by atoms with van der Waals surface area (Å²) in [5.74, 6) is 0.670. The summed E-state index contributed by atoms with van der Waals surface area (Å²) < 4.78 is 8.73. The number of nitrogens with zero attached hydrogens (tertiary/aromatic N) is 4. The maximum absolute atomic E-state index is 6.48. The second-order valence-electron chi connectivity index (χ2n) is 10.5. The molecule has 5 heteroatoms. The quantitative estimate of drug-likeness (QED) is 0.225. The van der Waals surface area contributed by atoms with Gasteiger partial charge in [0.15, 0.2) is 11.4 Å². The van der Waals surface area contributed by atoms with Crippen molar-refractivity contribution in [3.8, 4) is 39.6 Å². The lowest BCUT2D eigenvalue weighted by Crippen LogP contribution is -1.99. The van der Waals surface area contributed by atoms with Gasteiger partial charge in [-0.1, -0.05) is 97.1 Å². The molecule has 0 radical (unpaired) electrons. The third-order valence-corrected chi connectivity index (χ3v) is 8.01. The van der Waals surface area contributed by atoms with E-state index in [-0.39, 0.29) is 0 Å². The summed E-state index contributed by atoms with van der Waals surface area (Å²) in [4.78, 5) is 15.1. The van der Waals surface area contributed by atoms with E-state index in [1.165, 1.54) is 0 Å². The van der Waals surface area contributed by atoms with Gasteiger partial charge in [-0.25, -0.2) is 15.0 Å². The molecule has 2 aliphatic rings. The molecule has 0 aliphatic carbocycles. The van der Waals surface area contributed by atoms with Crippen LogP contribution in [0.5, 0.6) is 0 Å².